The van der Waals surface area contributed by atoms with Crippen LogP contribution in [0.4, 0.5) is 8.78 Å². The lowest BCUT2D eigenvalue weighted by Crippen LogP contribution is -2.42. The molecule has 1 fully saturated rings. The first-order valence-electron chi connectivity index (χ1n) is 6.94. The van der Waals surface area contributed by atoms with Crippen LogP contribution in [0.1, 0.15) is 18.4 Å². The van der Waals surface area contributed by atoms with E-state index in [0.29, 0.717) is 25.9 Å². The summed E-state index contributed by atoms with van der Waals surface area (Å²) in [6.07, 6.45) is 2.01. The molecule has 1 saturated heterocycles. The Balaban J connectivity index is 1.86. The van der Waals surface area contributed by atoms with E-state index in [9.17, 15) is 22.0 Å². The summed E-state index contributed by atoms with van der Waals surface area (Å²) in [4.78, 5) is 12.0. The summed E-state index contributed by atoms with van der Waals surface area (Å²) in [5.74, 6) is -1.90. The zero-order valence-corrected chi connectivity index (χ0v) is 13.0. The molecule has 0 bridgehead atoms. The largest absolute Gasteiger partial charge is 0.352 e. The van der Waals surface area contributed by atoms with Gasteiger partial charge in [0, 0.05) is 37.2 Å². The molecule has 22 heavy (non-hydrogen) atoms. The van der Waals surface area contributed by atoms with Crippen LogP contribution in [0, 0.1) is 17.6 Å². The van der Waals surface area contributed by atoms with Crippen LogP contribution in [-0.2, 0) is 21.4 Å². The number of nitrogens with one attached hydrogen (secondary N) is 1. The minimum absolute atomic E-state index is 0.0166. The second-order valence-electron chi connectivity index (χ2n) is 5.39. The number of nitrogens with zero attached hydrogens (tertiary/aromatic N) is 1. The lowest BCUT2D eigenvalue weighted by Gasteiger charge is -2.29. The van der Waals surface area contributed by atoms with Crippen molar-refractivity contribution in [3.63, 3.8) is 0 Å². The summed E-state index contributed by atoms with van der Waals surface area (Å²) in [6, 6.07) is 3.19. The number of halogens is 2. The number of hydrogen-bond donors (Lipinski definition) is 1. The van der Waals surface area contributed by atoms with Crippen molar-refractivity contribution in [1.82, 2.24) is 9.62 Å². The van der Waals surface area contributed by atoms with Crippen LogP contribution in [0.15, 0.2) is 18.2 Å². The predicted octanol–water partition coefficient (Wildman–Crippen LogP) is 1.25. The van der Waals surface area contributed by atoms with Gasteiger partial charge in [-0.3, -0.25) is 4.79 Å². The number of hydrogen-bond acceptors (Lipinski definition) is 3. The Morgan fingerprint density at radius 1 is 1.32 bits per heavy atom. The molecule has 0 saturated carbocycles. The fourth-order valence-corrected chi connectivity index (χ4v) is 3.32. The Bertz CT molecular complexity index is 656. The maximum atomic E-state index is 13.5. The van der Waals surface area contributed by atoms with E-state index in [1.54, 1.807) is 0 Å². The SMILES string of the molecule is CS(=O)(=O)N1CCC(C(=O)NCc2ccc(F)cc2F)CC1. The molecule has 0 atom stereocenters. The number of benzene rings is 1. The van der Waals surface area contributed by atoms with E-state index in [1.165, 1.54) is 10.4 Å². The van der Waals surface area contributed by atoms with E-state index >= 15 is 0 Å². The van der Waals surface area contributed by atoms with Crippen LogP contribution in [0.3, 0.4) is 0 Å². The van der Waals surface area contributed by atoms with Gasteiger partial charge in [0.1, 0.15) is 11.6 Å². The van der Waals surface area contributed by atoms with Gasteiger partial charge >= 0.3 is 0 Å². The number of rotatable bonds is 4. The van der Waals surface area contributed by atoms with Crippen molar-refractivity contribution in [2.75, 3.05) is 19.3 Å². The van der Waals surface area contributed by atoms with Crippen molar-refractivity contribution in [2.24, 2.45) is 5.92 Å². The summed E-state index contributed by atoms with van der Waals surface area (Å²) in [7, 11) is -3.22. The normalized spacial score (nSPS) is 17.4. The molecule has 0 aliphatic carbocycles. The highest BCUT2D eigenvalue weighted by molar-refractivity contribution is 7.88. The van der Waals surface area contributed by atoms with Crippen molar-refractivity contribution in [3.8, 4) is 0 Å². The third-order valence-corrected chi connectivity index (χ3v) is 5.07. The fourth-order valence-electron chi connectivity index (χ4n) is 2.44. The van der Waals surface area contributed by atoms with Gasteiger partial charge in [-0.1, -0.05) is 6.07 Å². The van der Waals surface area contributed by atoms with Gasteiger partial charge in [-0.15, -0.1) is 0 Å². The highest BCUT2D eigenvalue weighted by Gasteiger charge is 2.28. The number of piperidine rings is 1. The molecule has 1 aliphatic rings. The minimum atomic E-state index is -3.22. The quantitative estimate of drug-likeness (QED) is 0.902. The molecule has 0 aromatic heterocycles. The standard InChI is InChI=1S/C14H18F2N2O3S/c1-22(20,21)18-6-4-10(5-7-18)14(19)17-9-11-2-3-12(15)8-13(11)16/h2-3,8,10H,4-7,9H2,1H3,(H,17,19). The summed E-state index contributed by atoms with van der Waals surface area (Å²) in [5, 5.41) is 2.61. The highest BCUT2D eigenvalue weighted by Crippen LogP contribution is 2.19. The predicted molar refractivity (Wildman–Crippen MR) is 77.3 cm³/mol. The monoisotopic (exact) mass is 332 g/mol. The maximum Gasteiger partial charge on any atom is 0.223 e. The van der Waals surface area contributed by atoms with Gasteiger partial charge in [0.2, 0.25) is 15.9 Å². The van der Waals surface area contributed by atoms with Crippen molar-refractivity contribution in [2.45, 2.75) is 19.4 Å². The van der Waals surface area contributed by atoms with Crippen LogP contribution >= 0.6 is 0 Å². The van der Waals surface area contributed by atoms with E-state index in [2.05, 4.69) is 5.32 Å². The molecule has 8 heteroatoms. The summed E-state index contributed by atoms with van der Waals surface area (Å²) in [6.45, 7) is 0.598. The van der Waals surface area contributed by atoms with E-state index < -0.39 is 21.7 Å². The van der Waals surface area contributed by atoms with Gasteiger partial charge < -0.3 is 5.32 Å². The highest BCUT2D eigenvalue weighted by atomic mass is 32.2. The maximum absolute atomic E-state index is 13.5. The number of amides is 1. The molecule has 0 unspecified atom stereocenters. The van der Waals surface area contributed by atoms with Crippen LogP contribution in [0.5, 0.6) is 0 Å². The lowest BCUT2D eigenvalue weighted by molar-refractivity contribution is -0.126. The first-order chi connectivity index (χ1) is 10.3. The van der Waals surface area contributed by atoms with Gasteiger partial charge in [-0.2, -0.15) is 0 Å². The topological polar surface area (TPSA) is 66.5 Å². The molecule has 1 amide bonds. The van der Waals surface area contributed by atoms with Gasteiger partial charge in [0.15, 0.2) is 0 Å². The summed E-state index contributed by atoms with van der Waals surface area (Å²) >= 11 is 0. The minimum Gasteiger partial charge on any atom is -0.352 e. The number of carbonyl (C=O) groups is 1. The Labute approximate surface area is 128 Å². The van der Waals surface area contributed by atoms with Gasteiger partial charge in [0.05, 0.1) is 6.26 Å². The summed E-state index contributed by atoms with van der Waals surface area (Å²) in [5.41, 5.74) is 0.211. The first-order valence-corrected chi connectivity index (χ1v) is 8.79. The lowest BCUT2D eigenvalue weighted by atomic mass is 9.97. The average Bonchev–Trinajstić information content (AvgIpc) is 2.45. The third kappa shape index (κ3) is 4.23. The van der Waals surface area contributed by atoms with Gasteiger partial charge in [0.25, 0.3) is 0 Å². The van der Waals surface area contributed by atoms with E-state index in [0.717, 1.165) is 18.4 Å². The van der Waals surface area contributed by atoms with Gasteiger partial charge in [-0.05, 0) is 18.9 Å². The molecule has 1 N–H and O–H groups in total. The zero-order chi connectivity index (χ0) is 16.3. The van der Waals surface area contributed by atoms with Crippen molar-refractivity contribution < 1.29 is 22.0 Å². The molecule has 1 aromatic carbocycles. The summed E-state index contributed by atoms with van der Waals surface area (Å²) < 4.78 is 50.4. The molecule has 1 aromatic rings. The molecule has 1 aliphatic heterocycles. The molecule has 5 nitrogen and oxygen atoms in total. The molecule has 122 valence electrons. The van der Waals surface area contributed by atoms with Crippen LogP contribution in [0.25, 0.3) is 0 Å². The molecular weight excluding hydrogens is 314 g/mol. The smallest absolute Gasteiger partial charge is 0.223 e. The average molecular weight is 332 g/mol. The number of sulfonamides is 1. The van der Waals surface area contributed by atoms with Crippen LogP contribution < -0.4 is 5.32 Å². The Morgan fingerprint density at radius 2 is 1.95 bits per heavy atom. The van der Waals surface area contributed by atoms with Crippen molar-refractivity contribution in [3.05, 3.63) is 35.4 Å². The molecule has 0 radical (unpaired) electrons. The third-order valence-electron chi connectivity index (χ3n) is 3.76. The fraction of sp³-hybridized carbons (Fsp3) is 0.500. The first kappa shape index (κ1) is 16.8. The molecule has 0 spiro atoms. The van der Waals surface area contributed by atoms with Crippen molar-refractivity contribution >= 4 is 15.9 Å². The second-order valence-corrected chi connectivity index (χ2v) is 7.37. The van der Waals surface area contributed by atoms with E-state index in [1.807, 2.05) is 0 Å². The molecular formula is C14H18F2N2O3S. The van der Waals surface area contributed by atoms with Crippen LogP contribution in [-0.4, -0.2) is 38.0 Å². The van der Waals surface area contributed by atoms with E-state index in [-0.39, 0.29) is 23.9 Å². The number of carbonyl (C=O) groups excluding carboxylic acids is 1. The Kier molecular flexibility index (Phi) is 5.12. The molecule has 2 rings (SSSR count). The Morgan fingerprint density at radius 3 is 2.50 bits per heavy atom. The Hall–Kier alpha value is -1.54. The second kappa shape index (κ2) is 6.70. The van der Waals surface area contributed by atoms with E-state index in [4.69, 9.17) is 0 Å². The van der Waals surface area contributed by atoms with Crippen molar-refractivity contribution in [1.29, 1.82) is 0 Å². The van der Waals surface area contributed by atoms with Gasteiger partial charge in [-0.25, -0.2) is 21.5 Å². The molecule has 1 heterocycles. The van der Waals surface area contributed by atoms with Crippen LogP contribution in [0.2, 0.25) is 0 Å². The zero-order valence-electron chi connectivity index (χ0n) is 12.2.